The van der Waals surface area contributed by atoms with Crippen LogP contribution in [0.4, 0.5) is 0 Å². The Hall–Kier alpha value is -1.02. The van der Waals surface area contributed by atoms with Crippen LogP contribution in [0.15, 0.2) is 24.3 Å². The average molecular weight is 275 g/mol. The summed E-state index contributed by atoms with van der Waals surface area (Å²) in [5.41, 5.74) is 1.33. The number of unbranched alkanes of at least 4 members (excludes halogenated alkanes) is 5. The number of rotatable bonds is 11. The highest BCUT2D eigenvalue weighted by Gasteiger charge is 2.19. The van der Waals surface area contributed by atoms with Crippen molar-refractivity contribution in [3.63, 3.8) is 0 Å². The highest BCUT2D eigenvalue weighted by atomic mass is 16.5. The lowest BCUT2D eigenvalue weighted by atomic mass is 10.1. The molecule has 0 unspecified atom stereocenters. The van der Waals surface area contributed by atoms with Crippen LogP contribution in [0.5, 0.6) is 5.75 Å². The predicted octanol–water partition coefficient (Wildman–Crippen LogP) is 4.68. The second-order valence-corrected chi connectivity index (χ2v) is 5.92. The van der Waals surface area contributed by atoms with Gasteiger partial charge in [-0.05, 0) is 37.0 Å². The first-order valence-electron chi connectivity index (χ1n) is 8.33. The molecule has 1 aliphatic carbocycles. The molecule has 1 aliphatic rings. The molecule has 1 aromatic carbocycles. The molecule has 0 spiro atoms. The van der Waals surface area contributed by atoms with Crippen LogP contribution in [-0.2, 0) is 6.54 Å². The number of benzene rings is 1. The quantitative estimate of drug-likeness (QED) is 0.592. The van der Waals surface area contributed by atoms with Gasteiger partial charge in [-0.2, -0.15) is 0 Å². The maximum Gasteiger partial charge on any atom is 0.119 e. The number of hydrogen-bond donors (Lipinski definition) is 1. The van der Waals surface area contributed by atoms with Gasteiger partial charge in [-0.25, -0.2) is 0 Å². The molecule has 0 saturated heterocycles. The van der Waals surface area contributed by atoms with Gasteiger partial charge in [0.25, 0.3) is 0 Å². The van der Waals surface area contributed by atoms with E-state index in [9.17, 15) is 0 Å². The van der Waals surface area contributed by atoms with Crippen LogP contribution in [0.1, 0.15) is 63.9 Å². The average Bonchev–Trinajstić information content (AvgIpc) is 3.29. The Bertz CT molecular complexity index is 373. The summed E-state index contributed by atoms with van der Waals surface area (Å²) >= 11 is 0. The van der Waals surface area contributed by atoms with E-state index in [1.807, 2.05) is 0 Å². The van der Waals surface area contributed by atoms with Crippen molar-refractivity contribution in [3.8, 4) is 5.75 Å². The first-order valence-corrected chi connectivity index (χ1v) is 8.33. The Kier molecular flexibility index (Phi) is 6.93. The maximum atomic E-state index is 5.85. The fraction of sp³-hybridized carbons (Fsp3) is 0.667. The molecular weight excluding hydrogens is 246 g/mol. The Morgan fingerprint density at radius 1 is 1.10 bits per heavy atom. The van der Waals surface area contributed by atoms with E-state index in [-0.39, 0.29) is 0 Å². The molecule has 2 nitrogen and oxygen atoms in total. The third-order valence-electron chi connectivity index (χ3n) is 3.84. The molecule has 1 fully saturated rings. The number of ether oxygens (including phenoxy) is 1. The molecule has 0 aliphatic heterocycles. The third-order valence-corrected chi connectivity index (χ3v) is 3.84. The molecule has 2 heteroatoms. The van der Waals surface area contributed by atoms with E-state index < -0.39 is 0 Å². The zero-order valence-electron chi connectivity index (χ0n) is 12.9. The van der Waals surface area contributed by atoms with Gasteiger partial charge in [0.1, 0.15) is 5.75 Å². The molecular formula is C18H29NO. The predicted molar refractivity (Wildman–Crippen MR) is 85.2 cm³/mol. The van der Waals surface area contributed by atoms with Crippen molar-refractivity contribution in [2.24, 2.45) is 0 Å². The normalized spacial score (nSPS) is 14.4. The minimum atomic E-state index is 0.766. The molecule has 20 heavy (non-hydrogen) atoms. The molecule has 1 saturated carbocycles. The van der Waals surface area contributed by atoms with E-state index in [2.05, 4.69) is 36.5 Å². The summed E-state index contributed by atoms with van der Waals surface area (Å²) in [5.74, 6) is 1.02. The van der Waals surface area contributed by atoms with Crippen LogP contribution in [0.25, 0.3) is 0 Å². The summed E-state index contributed by atoms with van der Waals surface area (Å²) < 4.78 is 5.85. The second kappa shape index (κ2) is 9.02. The van der Waals surface area contributed by atoms with Crippen molar-refractivity contribution in [2.45, 2.75) is 70.9 Å². The summed E-state index contributed by atoms with van der Waals surface area (Å²) in [6, 6.07) is 9.28. The first kappa shape index (κ1) is 15.4. The second-order valence-electron chi connectivity index (χ2n) is 5.92. The van der Waals surface area contributed by atoms with E-state index in [4.69, 9.17) is 4.74 Å². The highest BCUT2D eigenvalue weighted by molar-refractivity contribution is 5.28. The van der Waals surface area contributed by atoms with E-state index >= 15 is 0 Å². The van der Waals surface area contributed by atoms with Crippen LogP contribution in [-0.4, -0.2) is 12.6 Å². The van der Waals surface area contributed by atoms with Crippen LogP contribution >= 0.6 is 0 Å². The summed E-state index contributed by atoms with van der Waals surface area (Å²) in [5, 5.41) is 3.54. The Balaban J connectivity index is 1.58. The lowest BCUT2D eigenvalue weighted by molar-refractivity contribution is 0.304. The minimum Gasteiger partial charge on any atom is -0.494 e. The van der Waals surface area contributed by atoms with Gasteiger partial charge in [0.05, 0.1) is 6.61 Å². The largest absolute Gasteiger partial charge is 0.494 e. The van der Waals surface area contributed by atoms with Gasteiger partial charge in [-0.3, -0.25) is 0 Å². The number of hydrogen-bond acceptors (Lipinski definition) is 2. The van der Waals surface area contributed by atoms with E-state index in [0.29, 0.717) is 0 Å². The Morgan fingerprint density at radius 2 is 1.90 bits per heavy atom. The maximum absolute atomic E-state index is 5.85. The van der Waals surface area contributed by atoms with Gasteiger partial charge in [0.15, 0.2) is 0 Å². The van der Waals surface area contributed by atoms with Gasteiger partial charge < -0.3 is 10.1 Å². The highest BCUT2D eigenvalue weighted by Crippen LogP contribution is 2.20. The number of nitrogens with one attached hydrogen (secondary N) is 1. The van der Waals surface area contributed by atoms with Crippen LogP contribution in [0, 0.1) is 0 Å². The fourth-order valence-electron chi connectivity index (χ4n) is 2.37. The molecule has 1 aromatic rings. The zero-order valence-corrected chi connectivity index (χ0v) is 12.9. The monoisotopic (exact) mass is 275 g/mol. The smallest absolute Gasteiger partial charge is 0.119 e. The Morgan fingerprint density at radius 3 is 2.70 bits per heavy atom. The molecule has 0 aromatic heterocycles. The zero-order chi connectivity index (χ0) is 14.0. The standard InChI is InChI=1S/C18H29NO/c1-2-3-4-5-6-7-13-20-18-10-8-9-16(14-18)15-19-17-11-12-17/h8-10,14,17,19H,2-7,11-13,15H2,1H3. The topological polar surface area (TPSA) is 21.3 Å². The van der Waals surface area contributed by atoms with Crippen molar-refractivity contribution in [3.05, 3.63) is 29.8 Å². The van der Waals surface area contributed by atoms with Crippen molar-refractivity contribution in [1.82, 2.24) is 5.32 Å². The minimum absolute atomic E-state index is 0.766. The molecule has 0 bridgehead atoms. The lowest BCUT2D eigenvalue weighted by Crippen LogP contribution is -2.15. The van der Waals surface area contributed by atoms with Gasteiger partial charge in [-0.1, -0.05) is 51.2 Å². The van der Waals surface area contributed by atoms with Gasteiger partial charge in [-0.15, -0.1) is 0 Å². The molecule has 112 valence electrons. The third kappa shape index (κ3) is 6.42. The van der Waals surface area contributed by atoms with E-state index in [0.717, 1.165) is 24.9 Å². The van der Waals surface area contributed by atoms with Crippen molar-refractivity contribution < 1.29 is 4.74 Å². The molecule has 1 N–H and O–H groups in total. The van der Waals surface area contributed by atoms with Crippen LogP contribution in [0.2, 0.25) is 0 Å². The van der Waals surface area contributed by atoms with Crippen molar-refractivity contribution in [2.75, 3.05) is 6.61 Å². The van der Waals surface area contributed by atoms with Gasteiger partial charge in [0, 0.05) is 12.6 Å². The summed E-state index contributed by atoms with van der Waals surface area (Å²) in [6.07, 6.45) is 10.6. The molecule has 0 heterocycles. The molecule has 0 radical (unpaired) electrons. The van der Waals surface area contributed by atoms with Crippen molar-refractivity contribution >= 4 is 0 Å². The van der Waals surface area contributed by atoms with E-state index in [1.54, 1.807) is 0 Å². The van der Waals surface area contributed by atoms with Crippen LogP contribution < -0.4 is 10.1 Å². The molecule has 0 atom stereocenters. The fourth-order valence-corrected chi connectivity index (χ4v) is 2.37. The van der Waals surface area contributed by atoms with Gasteiger partial charge in [0.2, 0.25) is 0 Å². The first-order chi connectivity index (χ1) is 9.88. The molecule has 0 amide bonds. The van der Waals surface area contributed by atoms with Crippen molar-refractivity contribution in [1.29, 1.82) is 0 Å². The lowest BCUT2D eigenvalue weighted by Gasteiger charge is -2.08. The van der Waals surface area contributed by atoms with Gasteiger partial charge >= 0.3 is 0 Å². The summed E-state index contributed by atoms with van der Waals surface area (Å²) in [4.78, 5) is 0. The summed E-state index contributed by atoms with van der Waals surface area (Å²) in [7, 11) is 0. The Labute approximate surface area is 123 Å². The van der Waals surface area contributed by atoms with Crippen LogP contribution in [0.3, 0.4) is 0 Å². The van der Waals surface area contributed by atoms with E-state index in [1.165, 1.54) is 56.9 Å². The summed E-state index contributed by atoms with van der Waals surface area (Å²) in [6.45, 7) is 4.08. The SMILES string of the molecule is CCCCCCCCOc1cccc(CNC2CC2)c1. The molecule has 2 rings (SSSR count).